The Hall–Kier alpha value is -0.610. The molecule has 0 aromatic carbocycles. The molecular weight excluding hydrogens is 166 g/mol. The van der Waals surface area contributed by atoms with Crippen LogP contribution in [0, 0.1) is 0 Å². The third-order valence-corrected chi connectivity index (χ3v) is 1.84. The van der Waals surface area contributed by atoms with E-state index in [2.05, 4.69) is 15.5 Å². The molecule has 0 aromatic heterocycles. The van der Waals surface area contributed by atoms with Crippen molar-refractivity contribution in [2.45, 2.75) is 13.3 Å². The Balaban J connectivity index is 3.34. The van der Waals surface area contributed by atoms with Crippen molar-refractivity contribution in [3.05, 3.63) is 0 Å². The molecule has 0 spiro atoms. The molecule has 0 saturated carbocycles. The number of hydrogen-bond acceptors (Lipinski definition) is 3. The molecule has 0 bridgehead atoms. The van der Waals surface area contributed by atoms with Crippen LogP contribution in [-0.2, 0) is 4.79 Å². The molecule has 0 fully saturated rings. The lowest BCUT2D eigenvalue weighted by molar-refractivity contribution is -0.121. The zero-order valence-corrected chi connectivity index (χ0v) is 8.89. The van der Waals surface area contributed by atoms with Gasteiger partial charge in [-0.15, -0.1) is 0 Å². The highest BCUT2D eigenvalue weighted by Crippen LogP contribution is 1.86. The second-order valence-corrected chi connectivity index (χ2v) is 3.11. The summed E-state index contributed by atoms with van der Waals surface area (Å²) in [5, 5.41) is 5.84. The molecule has 0 saturated heterocycles. The van der Waals surface area contributed by atoms with Gasteiger partial charge in [-0.1, -0.05) is 0 Å². The maximum absolute atomic E-state index is 11.1. The first-order chi connectivity index (χ1) is 6.20. The summed E-state index contributed by atoms with van der Waals surface area (Å²) in [7, 11) is 3.95. The molecule has 13 heavy (non-hydrogen) atoms. The minimum atomic E-state index is 0.138. The molecule has 0 rings (SSSR count). The van der Waals surface area contributed by atoms with Gasteiger partial charge < -0.3 is 15.5 Å². The van der Waals surface area contributed by atoms with Crippen LogP contribution in [0.1, 0.15) is 13.3 Å². The van der Waals surface area contributed by atoms with Crippen LogP contribution in [0.25, 0.3) is 0 Å². The Kier molecular flexibility index (Phi) is 7.63. The first kappa shape index (κ1) is 12.4. The monoisotopic (exact) mass is 187 g/mol. The van der Waals surface area contributed by atoms with E-state index in [0.29, 0.717) is 6.42 Å². The van der Waals surface area contributed by atoms with Crippen molar-refractivity contribution in [1.82, 2.24) is 15.5 Å². The predicted molar refractivity (Wildman–Crippen MR) is 54.7 cm³/mol. The second-order valence-electron chi connectivity index (χ2n) is 3.11. The SMILES string of the molecule is CCNC(=O)CCN(C)CCNC. The maximum atomic E-state index is 11.1. The van der Waals surface area contributed by atoms with Gasteiger partial charge in [-0.3, -0.25) is 4.79 Å². The van der Waals surface area contributed by atoms with Crippen LogP contribution in [-0.4, -0.2) is 51.1 Å². The van der Waals surface area contributed by atoms with Gasteiger partial charge in [-0.05, 0) is 21.0 Å². The maximum Gasteiger partial charge on any atom is 0.221 e. The van der Waals surface area contributed by atoms with Crippen LogP contribution in [0.2, 0.25) is 0 Å². The number of likely N-dealkylation sites (N-methyl/N-ethyl adjacent to an activating group) is 2. The fraction of sp³-hybridized carbons (Fsp3) is 0.889. The average molecular weight is 187 g/mol. The highest BCUT2D eigenvalue weighted by atomic mass is 16.1. The van der Waals surface area contributed by atoms with Gasteiger partial charge in [0.2, 0.25) is 5.91 Å². The van der Waals surface area contributed by atoms with Gasteiger partial charge in [0.05, 0.1) is 0 Å². The highest BCUT2D eigenvalue weighted by molar-refractivity contribution is 5.75. The average Bonchev–Trinajstić information content (AvgIpc) is 2.12. The van der Waals surface area contributed by atoms with Gasteiger partial charge in [0.15, 0.2) is 0 Å². The molecule has 0 aromatic rings. The lowest BCUT2D eigenvalue weighted by atomic mass is 10.3. The van der Waals surface area contributed by atoms with Crippen molar-refractivity contribution in [3.8, 4) is 0 Å². The molecule has 2 N–H and O–H groups in total. The molecule has 4 nitrogen and oxygen atoms in total. The van der Waals surface area contributed by atoms with E-state index in [1.165, 1.54) is 0 Å². The largest absolute Gasteiger partial charge is 0.356 e. The summed E-state index contributed by atoms with van der Waals surface area (Å²) in [4.78, 5) is 13.2. The molecule has 0 heterocycles. The lowest BCUT2D eigenvalue weighted by Crippen LogP contribution is -2.32. The van der Waals surface area contributed by atoms with Crippen molar-refractivity contribution in [2.75, 3.05) is 40.3 Å². The fourth-order valence-corrected chi connectivity index (χ4v) is 0.992. The van der Waals surface area contributed by atoms with Crippen LogP contribution in [0.5, 0.6) is 0 Å². The van der Waals surface area contributed by atoms with Crippen LogP contribution in [0.3, 0.4) is 0 Å². The van der Waals surface area contributed by atoms with E-state index >= 15 is 0 Å². The third kappa shape index (κ3) is 7.74. The predicted octanol–water partition coefficient (Wildman–Crippen LogP) is -0.336. The number of carbonyl (C=O) groups is 1. The summed E-state index contributed by atoms with van der Waals surface area (Å²) in [5.41, 5.74) is 0. The first-order valence-electron chi connectivity index (χ1n) is 4.80. The number of nitrogens with one attached hydrogen (secondary N) is 2. The summed E-state index contributed by atoms with van der Waals surface area (Å²) in [6.45, 7) is 5.43. The molecule has 78 valence electrons. The number of rotatable bonds is 7. The van der Waals surface area contributed by atoms with Crippen molar-refractivity contribution in [3.63, 3.8) is 0 Å². The normalized spacial score (nSPS) is 10.5. The second kappa shape index (κ2) is 8.01. The number of amides is 1. The van der Waals surface area contributed by atoms with Gasteiger partial charge in [0, 0.05) is 32.6 Å². The van der Waals surface area contributed by atoms with Gasteiger partial charge in [-0.25, -0.2) is 0 Å². The van der Waals surface area contributed by atoms with E-state index in [1.807, 2.05) is 21.0 Å². The zero-order valence-electron chi connectivity index (χ0n) is 8.89. The van der Waals surface area contributed by atoms with Gasteiger partial charge >= 0.3 is 0 Å². The molecule has 1 amide bonds. The smallest absolute Gasteiger partial charge is 0.221 e. The van der Waals surface area contributed by atoms with E-state index in [9.17, 15) is 4.79 Å². The number of nitrogens with zero attached hydrogens (tertiary/aromatic N) is 1. The molecule has 0 radical (unpaired) electrons. The van der Waals surface area contributed by atoms with Crippen LogP contribution >= 0.6 is 0 Å². The summed E-state index contributed by atoms with van der Waals surface area (Å²) in [6.07, 6.45) is 0.591. The summed E-state index contributed by atoms with van der Waals surface area (Å²) < 4.78 is 0. The van der Waals surface area contributed by atoms with Gasteiger partial charge in [-0.2, -0.15) is 0 Å². The van der Waals surface area contributed by atoms with Crippen molar-refractivity contribution < 1.29 is 4.79 Å². The van der Waals surface area contributed by atoms with E-state index < -0.39 is 0 Å². The van der Waals surface area contributed by atoms with E-state index in [0.717, 1.165) is 26.2 Å². The molecule has 0 unspecified atom stereocenters. The Bertz CT molecular complexity index is 139. The molecule has 4 heteroatoms. The Labute approximate surface area is 80.7 Å². The molecule has 0 aliphatic heterocycles. The Morgan fingerprint density at radius 2 is 2.08 bits per heavy atom. The summed E-state index contributed by atoms with van der Waals surface area (Å²) in [5.74, 6) is 0.138. The molecular formula is C9H21N3O. The summed E-state index contributed by atoms with van der Waals surface area (Å²) in [6, 6.07) is 0. The molecule has 0 aliphatic rings. The molecule has 0 aliphatic carbocycles. The summed E-state index contributed by atoms with van der Waals surface area (Å²) >= 11 is 0. The highest BCUT2D eigenvalue weighted by Gasteiger charge is 2.02. The van der Waals surface area contributed by atoms with Crippen molar-refractivity contribution in [2.24, 2.45) is 0 Å². The topological polar surface area (TPSA) is 44.4 Å². The minimum Gasteiger partial charge on any atom is -0.356 e. The van der Waals surface area contributed by atoms with Crippen LogP contribution < -0.4 is 10.6 Å². The Morgan fingerprint density at radius 3 is 2.62 bits per heavy atom. The van der Waals surface area contributed by atoms with Crippen LogP contribution in [0.4, 0.5) is 0 Å². The standard InChI is InChI=1S/C9H21N3O/c1-4-11-9(13)5-7-12(3)8-6-10-2/h10H,4-8H2,1-3H3,(H,11,13). The number of carbonyl (C=O) groups excluding carboxylic acids is 1. The minimum absolute atomic E-state index is 0.138. The third-order valence-electron chi connectivity index (χ3n) is 1.84. The van der Waals surface area contributed by atoms with Gasteiger partial charge in [0.25, 0.3) is 0 Å². The molecule has 0 atom stereocenters. The van der Waals surface area contributed by atoms with Crippen molar-refractivity contribution in [1.29, 1.82) is 0 Å². The Morgan fingerprint density at radius 1 is 1.38 bits per heavy atom. The number of hydrogen-bond donors (Lipinski definition) is 2. The fourth-order valence-electron chi connectivity index (χ4n) is 0.992. The van der Waals surface area contributed by atoms with E-state index in [1.54, 1.807) is 0 Å². The lowest BCUT2D eigenvalue weighted by Gasteiger charge is -2.15. The quantitative estimate of drug-likeness (QED) is 0.573. The van der Waals surface area contributed by atoms with E-state index in [-0.39, 0.29) is 5.91 Å². The van der Waals surface area contributed by atoms with Crippen LogP contribution in [0.15, 0.2) is 0 Å². The van der Waals surface area contributed by atoms with E-state index in [4.69, 9.17) is 0 Å². The zero-order chi connectivity index (χ0) is 10.1. The van der Waals surface area contributed by atoms with Gasteiger partial charge in [0.1, 0.15) is 0 Å². The first-order valence-corrected chi connectivity index (χ1v) is 4.80. The van der Waals surface area contributed by atoms with Crippen molar-refractivity contribution >= 4 is 5.91 Å².